The molecule has 0 aliphatic carbocycles. The Morgan fingerprint density at radius 2 is 2.00 bits per heavy atom. The van der Waals surface area contributed by atoms with Crippen molar-refractivity contribution in [1.29, 1.82) is 0 Å². The van der Waals surface area contributed by atoms with E-state index in [-0.39, 0.29) is 6.29 Å². The zero-order valence-electron chi connectivity index (χ0n) is 9.17. The van der Waals surface area contributed by atoms with Crippen LogP contribution in [0.5, 0.6) is 5.75 Å². The minimum Gasteiger partial charge on any atom is -0.459 e. The summed E-state index contributed by atoms with van der Waals surface area (Å²) in [5, 5.41) is 2.19. The summed E-state index contributed by atoms with van der Waals surface area (Å²) in [7, 11) is 0. The molecule has 0 fully saturated rings. The first-order chi connectivity index (χ1) is 8.42. The molecule has 1 atom stereocenters. The molecule has 0 aromatic heterocycles. The molecule has 2 aromatic carbocycles. The quantitative estimate of drug-likeness (QED) is 0.776. The van der Waals surface area contributed by atoms with Crippen molar-refractivity contribution >= 4 is 10.8 Å². The SMILES string of the molecule is [c]1c(OC2C=CC=CO2)ccc2ccccc12. The molecule has 1 radical (unpaired) electrons. The molecule has 0 spiro atoms. The lowest BCUT2D eigenvalue weighted by Crippen LogP contribution is -2.16. The molecule has 0 saturated carbocycles. The third-order valence-electron chi connectivity index (χ3n) is 2.55. The van der Waals surface area contributed by atoms with Gasteiger partial charge in [-0.2, -0.15) is 0 Å². The maximum Gasteiger partial charge on any atom is 0.260 e. The molecule has 0 saturated heterocycles. The number of hydrogen-bond donors (Lipinski definition) is 0. The highest BCUT2D eigenvalue weighted by molar-refractivity contribution is 5.83. The zero-order chi connectivity index (χ0) is 11.5. The highest BCUT2D eigenvalue weighted by Crippen LogP contribution is 2.21. The number of benzene rings is 2. The van der Waals surface area contributed by atoms with E-state index in [0.29, 0.717) is 5.75 Å². The standard InChI is InChI=1S/C15H11O2/c1-2-6-13-11-14(9-8-12(13)5-1)17-15-7-3-4-10-16-15/h1-10,15H. The van der Waals surface area contributed by atoms with Crippen molar-refractivity contribution in [3.05, 3.63) is 67.0 Å². The average molecular weight is 223 g/mol. The molecule has 1 unspecified atom stereocenters. The van der Waals surface area contributed by atoms with Gasteiger partial charge < -0.3 is 9.47 Å². The summed E-state index contributed by atoms with van der Waals surface area (Å²) in [4.78, 5) is 0. The third kappa shape index (κ3) is 2.16. The van der Waals surface area contributed by atoms with E-state index in [0.717, 1.165) is 10.8 Å². The Labute approximate surface area is 99.8 Å². The predicted octanol–water partition coefficient (Wildman–Crippen LogP) is 3.44. The second-order valence-corrected chi connectivity index (χ2v) is 3.75. The molecule has 3 rings (SSSR count). The molecule has 0 N–H and O–H groups in total. The summed E-state index contributed by atoms with van der Waals surface area (Å²) < 4.78 is 10.9. The van der Waals surface area contributed by atoms with Crippen molar-refractivity contribution in [3.63, 3.8) is 0 Å². The van der Waals surface area contributed by atoms with E-state index in [1.54, 1.807) is 6.26 Å². The van der Waals surface area contributed by atoms with Gasteiger partial charge in [-0.3, -0.25) is 0 Å². The lowest BCUT2D eigenvalue weighted by molar-refractivity contribution is 0.00779. The molecule has 1 aliphatic rings. The summed E-state index contributed by atoms with van der Waals surface area (Å²) in [5.41, 5.74) is 0. The maximum atomic E-state index is 5.65. The Morgan fingerprint density at radius 3 is 2.88 bits per heavy atom. The van der Waals surface area contributed by atoms with E-state index in [1.165, 1.54) is 0 Å². The molecular formula is C15H11O2. The van der Waals surface area contributed by atoms with E-state index in [1.807, 2.05) is 48.6 Å². The molecule has 2 aromatic rings. The van der Waals surface area contributed by atoms with E-state index in [2.05, 4.69) is 12.1 Å². The molecule has 0 amide bonds. The van der Waals surface area contributed by atoms with Gasteiger partial charge in [0, 0.05) is 6.07 Å². The van der Waals surface area contributed by atoms with Crippen LogP contribution in [0.15, 0.2) is 60.9 Å². The van der Waals surface area contributed by atoms with Gasteiger partial charge in [-0.05, 0) is 29.0 Å². The van der Waals surface area contributed by atoms with Gasteiger partial charge in [-0.1, -0.05) is 36.4 Å². The molecule has 1 heterocycles. The predicted molar refractivity (Wildman–Crippen MR) is 66.6 cm³/mol. The summed E-state index contributed by atoms with van der Waals surface area (Å²) >= 11 is 0. The van der Waals surface area contributed by atoms with E-state index < -0.39 is 0 Å². The Hall–Kier alpha value is -2.22. The number of fused-ring (bicyclic) bond motifs is 1. The van der Waals surface area contributed by atoms with E-state index in [4.69, 9.17) is 9.47 Å². The van der Waals surface area contributed by atoms with Crippen LogP contribution in [0.2, 0.25) is 0 Å². The fourth-order valence-corrected chi connectivity index (χ4v) is 1.73. The minimum absolute atomic E-state index is 0.364. The Balaban J connectivity index is 1.85. The molecule has 2 heteroatoms. The Kier molecular flexibility index (Phi) is 2.54. The number of rotatable bonds is 2. The van der Waals surface area contributed by atoms with Gasteiger partial charge in [0.15, 0.2) is 0 Å². The van der Waals surface area contributed by atoms with Gasteiger partial charge in [0.2, 0.25) is 0 Å². The second-order valence-electron chi connectivity index (χ2n) is 3.75. The average Bonchev–Trinajstić information content (AvgIpc) is 2.40. The van der Waals surface area contributed by atoms with Crippen molar-refractivity contribution in [2.24, 2.45) is 0 Å². The van der Waals surface area contributed by atoms with Gasteiger partial charge in [0.1, 0.15) is 5.75 Å². The van der Waals surface area contributed by atoms with Crippen LogP contribution in [0, 0.1) is 6.07 Å². The fourth-order valence-electron chi connectivity index (χ4n) is 1.73. The molecule has 83 valence electrons. The first kappa shape index (κ1) is 9.97. The summed E-state index contributed by atoms with van der Waals surface area (Å²) in [6.07, 6.45) is 6.82. The number of ether oxygens (including phenoxy) is 2. The highest BCUT2D eigenvalue weighted by atomic mass is 16.7. The normalized spacial score (nSPS) is 18.0. The topological polar surface area (TPSA) is 18.5 Å². The van der Waals surface area contributed by atoms with Crippen LogP contribution in [0.4, 0.5) is 0 Å². The van der Waals surface area contributed by atoms with Crippen molar-refractivity contribution < 1.29 is 9.47 Å². The van der Waals surface area contributed by atoms with E-state index >= 15 is 0 Å². The zero-order valence-corrected chi connectivity index (χ0v) is 9.17. The van der Waals surface area contributed by atoms with Crippen LogP contribution in [0.25, 0.3) is 10.8 Å². The first-order valence-electron chi connectivity index (χ1n) is 5.48. The van der Waals surface area contributed by atoms with Gasteiger partial charge in [0.05, 0.1) is 6.26 Å². The van der Waals surface area contributed by atoms with Crippen LogP contribution in [-0.4, -0.2) is 6.29 Å². The number of hydrogen-bond acceptors (Lipinski definition) is 2. The van der Waals surface area contributed by atoms with Crippen molar-refractivity contribution in [2.75, 3.05) is 0 Å². The summed E-state index contributed by atoms with van der Waals surface area (Å²) in [6.45, 7) is 0. The third-order valence-corrected chi connectivity index (χ3v) is 2.55. The molecule has 0 bridgehead atoms. The van der Waals surface area contributed by atoms with E-state index in [9.17, 15) is 0 Å². The van der Waals surface area contributed by atoms with Crippen molar-refractivity contribution in [3.8, 4) is 5.75 Å². The maximum absolute atomic E-state index is 5.65. The monoisotopic (exact) mass is 223 g/mol. The van der Waals surface area contributed by atoms with Gasteiger partial charge in [-0.15, -0.1) is 0 Å². The highest BCUT2D eigenvalue weighted by Gasteiger charge is 2.08. The van der Waals surface area contributed by atoms with Crippen molar-refractivity contribution in [2.45, 2.75) is 6.29 Å². The summed E-state index contributed by atoms with van der Waals surface area (Å²) in [5.74, 6) is 0.689. The molecule has 1 aliphatic heterocycles. The Bertz CT molecular complexity index is 584. The van der Waals surface area contributed by atoms with Crippen LogP contribution < -0.4 is 4.74 Å². The van der Waals surface area contributed by atoms with Gasteiger partial charge in [0.25, 0.3) is 6.29 Å². The summed E-state index contributed by atoms with van der Waals surface area (Å²) in [6, 6.07) is 15.2. The lowest BCUT2D eigenvalue weighted by atomic mass is 10.1. The fraction of sp³-hybridized carbons (Fsp3) is 0.0667. The smallest absolute Gasteiger partial charge is 0.260 e. The first-order valence-corrected chi connectivity index (χ1v) is 5.48. The minimum atomic E-state index is -0.364. The van der Waals surface area contributed by atoms with Crippen molar-refractivity contribution in [1.82, 2.24) is 0 Å². The molecule has 17 heavy (non-hydrogen) atoms. The van der Waals surface area contributed by atoms with Gasteiger partial charge >= 0.3 is 0 Å². The lowest BCUT2D eigenvalue weighted by Gasteiger charge is -2.16. The number of allylic oxidation sites excluding steroid dienone is 2. The largest absolute Gasteiger partial charge is 0.459 e. The van der Waals surface area contributed by atoms with Crippen LogP contribution in [0.1, 0.15) is 0 Å². The van der Waals surface area contributed by atoms with Crippen LogP contribution in [-0.2, 0) is 4.74 Å². The molecular weight excluding hydrogens is 212 g/mol. The van der Waals surface area contributed by atoms with Gasteiger partial charge in [-0.25, -0.2) is 0 Å². The Morgan fingerprint density at radius 1 is 1.06 bits per heavy atom. The van der Waals surface area contributed by atoms with Crippen LogP contribution in [0.3, 0.4) is 0 Å². The van der Waals surface area contributed by atoms with Crippen LogP contribution >= 0.6 is 0 Å². The molecule has 2 nitrogen and oxygen atoms in total. The second kappa shape index (κ2) is 4.34.